The first kappa shape index (κ1) is 13.5. The van der Waals surface area contributed by atoms with Crippen molar-refractivity contribution in [1.82, 2.24) is 0 Å². The van der Waals surface area contributed by atoms with E-state index >= 15 is 0 Å². The molecule has 0 amide bonds. The van der Waals surface area contributed by atoms with Crippen LogP contribution in [0.25, 0.3) is 0 Å². The van der Waals surface area contributed by atoms with Gasteiger partial charge in [-0.15, -0.1) is 0 Å². The van der Waals surface area contributed by atoms with Crippen LogP contribution in [0.1, 0.15) is 53.0 Å². The number of benzene rings is 1. The highest BCUT2D eigenvalue weighted by Gasteiger charge is 2.31. The second kappa shape index (κ2) is 4.95. The van der Waals surface area contributed by atoms with Gasteiger partial charge in [0.05, 0.1) is 0 Å². The molecule has 1 aliphatic carbocycles. The molecule has 0 aromatic heterocycles. The Kier molecular flexibility index (Phi) is 3.70. The summed E-state index contributed by atoms with van der Waals surface area (Å²) in [6.07, 6.45) is 2.66. The molecule has 18 heavy (non-hydrogen) atoms. The fourth-order valence-electron chi connectivity index (χ4n) is 2.81. The van der Waals surface area contributed by atoms with Crippen molar-refractivity contribution in [2.24, 2.45) is 11.8 Å². The van der Waals surface area contributed by atoms with Crippen LogP contribution in [-0.2, 0) is 5.41 Å². The first-order chi connectivity index (χ1) is 8.38. The Hall–Kier alpha value is -0.980. The van der Waals surface area contributed by atoms with Gasteiger partial charge in [-0.2, -0.15) is 0 Å². The van der Waals surface area contributed by atoms with Crippen LogP contribution in [0, 0.1) is 11.8 Å². The number of para-hydroxylation sites is 1. The highest BCUT2D eigenvalue weighted by atomic mass is 14.9. The fraction of sp³-hybridized carbons (Fsp3) is 0.647. The van der Waals surface area contributed by atoms with Crippen molar-refractivity contribution in [3.63, 3.8) is 0 Å². The Labute approximate surface area is 112 Å². The summed E-state index contributed by atoms with van der Waals surface area (Å²) >= 11 is 0. The maximum Gasteiger partial charge on any atom is 0.0380 e. The molecule has 0 saturated heterocycles. The van der Waals surface area contributed by atoms with Gasteiger partial charge < -0.3 is 5.32 Å². The van der Waals surface area contributed by atoms with Gasteiger partial charge in [0.2, 0.25) is 0 Å². The lowest BCUT2D eigenvalue weighted by Crippen LogP contribution is -2.38. The van der Waals surface area contributed by atoms with Crippen LogP contribution in [0.4, 0.5) is 5.69 Å². The molecule has 1 heteroatoms. The third-order valence-corrected chi connectivity index (χ3v) is 4.21. The molecule has 0 heterocycles. The number of anilines is 1. The summed E-state index contributed by atoms with van der Waals surface area (Å²) in [5, 5.41) is 3.74. The Bertz CT molecular complexity index is 394. The van der Waals surface area contributed by atoms with E-state index < -0.39 is 0 Å². The van der Waals surface area contributed by atoms with Crippen molar-refractivity contribution in [3.05, 3.63) is 29.8 Å². The van der Waals surface area contributed by atoms with Gasteiger partial charge in [-0.3, -0.25) is 0 Å². The smallest absolute Gasteiger partial charge is 0.0380 e. The van der Waals surface area contributed by atoms with Crippen LogP contribution in [0.5, 0.6) is 0 Å². The molecule has 1 aromatic carbocycles. The molecule has 1 aliphatic rings. The largest absolute Gasteiger partial charge is 0.382 e. The van der Waals surface area contributed by atoms with Crippen molar-refractivity contribution in [3.8, 4) is 0 Å². The van der Waals surface area contributed by atoms with Gasteiger partial charge >= 0.3 is 0 Å². The highest BCUT2D eigenvalue weighted by Crippen LogP contribution is 2.37. The van der Waals surface area contributed by atoms with Gasteiger partial charge in [-0.05, 0) is 41.7 Å². The molecule has 1 aromatic rings. The van der Waals surface area contributed by atoms with Gasteiger partial charge in [0.1, 0.15) is 0 Å². The van der Waals surface area contributed by atoms with Gasteiger partial charge in [-0.25, -0.2) is 0 Å². The Morgan fingerprint density at radius 1 is 1.11 bits per heavy atom. The Balaban J connectivity index is 2.03. The third-order valence-electron chi connectivity index (χ3n) is 4.21. The van der Waals surface area contributed by atoms with E-state index in [9.17, 15) is 0 Å². The van der Waals surface area contributed by atoms with Crippen LogP contribution in [0.2, 0.25) is 0 Å². The zero-order valence-electron chi connectivity index (χ0n) is 12.5. The lowest BCUT2D eigenvalue weighted by molar-refractivity contribution is 0.211. The molecule has 0 spiro atoms. The van der Waals surface area contributed by atoms with E-state index in [1.807, 2.05) is 0 Å². The van der Waals surface area contributed by atoms with E-state index in [1.165, 1.54) is 24.1 Å². The first-order valence-electron chi connectivity index (χ1n) is 7.24. The lowest BCUT2D eigenvalue weighted by Gasteiger charge is -2.40. The van der Waals surface area contributed by atoms with Crippen molar-refractivity contribution in [1.29, 1.82) is 0 Å². The van der Waals surface area contributed by atoms with E-state index in [0.717, 1.165) is 11.8 Å². The summed E-state index contributed by atoms with van der Waals surface area (Å²) in [6, 6.07) is 9.44. The van der Waals surface area contributed by atoms with Crippen LogP contribution in [-0.4, -0.2) is 6.04 Å². The molecular formula is C17H27N. The molecule has 1 saturated carbocycles. The van der Waals surface area contributed by atoms with E-state index in [0.29, 0.717) is 6.04 Å². The van der Waals surface area contributed by atoms with Gasteiger partial charge in [0, 0.05) is 11.7 Å². The Morgan fingerprint density at radius 2 is 1.72 bits per heavy atom. The lowest BCUT2D eigenvalue weighted by atomic mass is 9.73. The van der Waals surface area contributed by atoms with Crippen molar-refractivity contribution in [2.45, 2.75) is 58.9 Å². The van der Waals surface area contributed by atoms with Crippen LogP contribution < -0.4 is 5.32 Å². The minimum absolute atomic E-state index is 0.213. The van der Waals surface area contributed by atoms with Crippen molar-refractivity contribution < 1.29 is 0 Å². The molecule has 1 nitrogen and oxygen atoms in total. The number of nitrogens with one attached hydrogen (secondary N) is 1. The molecule has 0 unspecified atom stereocenters. The standard InChI is InChI=1S/C17H27N/c1-12(2)13-10-14(11-13)18-16-9-7-6-8-15(16)17(3,4)5/h6-9,12-14,18H,10-11H2,1-5H3. The average Bonchev–Trinajstić information content (AvgIpc) is 2.21. The van der Waals surface area contributed by atoms with Crippen molar-refractivity contribution in [2.75, 3.05) is 5.32 Å². The minimum atomic E-state index is 0.213. The van der Waals surface area contributed by atoms with E-state index in [-0.39, 0.29) is 5.41 Å². The third kappa shape index (κ3) is 2.88. The summed E-state index contributed by atoms with van der Waals surface area (Å²) < 4.78 is 0. The highest BCUT2D eigenvalue weighted by molar-refractivity contribution is 5.55. The molecular weight excluding hydrogens is 218 g/mol. The molecule has 0 atom stereocenters. The number of hydrogen-bond donors (Lipinski definition) is 1. The molecule has 0 radical (unpaired) electrons. The second-order valence-corrected chi connectivity index (χ2v) is 7.11. The summed E-state index contributed by atoms with van der Waals surface area (Å²) in [5.41, 5.74) is 2.97. The molecule has 2 rings (SSSR count). The van der Waals surface area contributed by atoms with Gasteiger partial charge in [0.25, 0.3) is 0 Å². The van der Waals surface area contributed by atoms with Crippen LogP contribution in [0.15, 0.2) is 24.3 Å². The first-order valence-corrected chi connectivity index (χ1v) is 7.24. The maximum atomic E-state index is 3.74. The molecule has 1 N–H and O–H groups in total. The summed E-state index contributed by atoms with van der Waals surface area (Å²) in [6.45, 7) is 11.5. The van der Waals surface area contributed by atoms with Gasteiger partial charge in [0.15, 0.2) is 0 Å². The summed E-state index contributed by atoms with van der Waals surface area (Å²) in [4.78, 5) is 0. The zero-order valence-corrected chi connectivity index (χ0v) is 12.5. The van der Waals surface area contributed by atoms with E-state index in [4.69, 9.17) is 0 Å². The Morgan fingerprint density at radius 3 is 2.28 bits per heavy atom. The molecule has 0 bridgehead atoms. The average molecular weight is 245 g/mol. The number of hydrogen-bond acceptors (Lipinski definition) is 1. The summed E-state index contributed by atoms with van der Waals surface area (Å²) in [7, 11) is 0. The second-order valence-electron chi connectivity index (χ2n) is 7.11. The van der Waals surface area contributed by atoms with Crippen LogP contribution in [0.3, 0.4) is 0 Å². The predicted molar refractivity (Wildman–Crippen MR) is 80.1 cm³/mol. The summed E-state index contributed by atoms with van der Waals surface area (Å²) in [5.74, 6) is 1.75. The zero-order chi connectivity index (χ0) is 13.3. The monoisotopic (exact) mass is 245 g/mol. The molecule has 100 valence electrons. The quantitative estimate of drug-likeness (QED) is 0.804. The van der Waals surface area contributed by atoms with Crippen molar-refractivity contribution >= 4 is 5.69 Å². The van der Waals surface area contributed by atoms with E-state index in [2.05, 4.69) is 64.2 Å². The number of rotatable bonds is 3. The topological polar surface area (TPSA) is 12.0 Å². The van der Waals surface area contributed by atoms with E-state index in [1.54, 1.807) is 0 Å². The fourth-order valence-corrected chi connectivity index (χ4v) is 2.81. The maximum absolute atomic E-state index is 3.74. The SMILES string of the molecule is CC(C)C1CC(Nc2ccccc2C(C)(C)C)C1. The van der Waals surface area contributed by atoms with Crippen LogP contribution >= 0.6 is 0 Å². The minimum Gasteiger partial charge on any atom is -0.382 e. The molecule has 1 fully saturated rings. The normalized spacial score (nSPS) is 23.9. The van der Waals surface area contributed by atoms with Gasteiger partial charge in [-0.1, -0.05) is 52.8 Å². The predicted octanol–water partition coefficient (Wildman–Crippen LogP) is 4.83. The molecule has 0 aliphatic heterocycles.